The third-order valence-electron chi connectivity index (χ3n) is 3.02. The molecule has 1 aromatic heterocycles. The average Bonchev–Trinajstić information content (AvgIpc) is 2.66. The van der Waals surface area contributed by atoms with Gasteiger partial charge in [0.2, 0.25) is 0 Å². The van der Waals surface area contributed by atoms with E-state index in [1.807, 2.05) is 25.1 Å². The minimum absolute atomic E-state index is 0.514. The summed E-state index contributed by atoms with van der Waals surface area (Å²) in [5.41, 5.74) is 1.79. The van der Waals surface area contributed by atoms with Gasteiger partial charge in [0.25, 0.3) is 6.01 Å². The summed E-state index contributed by atoms with van der Waals surface area (Å²) in [4.78, 5) is 4.29. The van der Waals surface area contributed by atoms with Gasteiger partial charge in [0.1, 0.15) is 0 Å². The van der Waals surface area contributed by atoms with E-state index >= 15 is 0 Å². The van der Waals surface area contributed by atoms with Gasteiger partial charge >= 0.3 is 0 Å². The molecule has 0 radical (unpaired) electrons. The average molecular weight is 260 g/mol. The standard InChI is InChI=1S/C14H16N2O3/c1-9-13(19-14(15-2)16-9)10-4-5-11-12(8-10)18-7-3-6-17-11/h4-5,8H,3,6-7H2,1-2H3,(H,15,16). The Morgan fingerprint density at radius 2 is 1.95 bits per heavy atom. The molecule has 0 spiro atoms. The highest BCUT2D eigenvalue weighted by molar-refractivity contribution is 5.65. The molecule has 3 rings (SSSR count). The second-order valence-electron chi connectivity index (χ2n) is 4.40. The molecule has 1 N–H and O–H groups in total. The molecule has 2 aromatic rings. The molecule has 1 aromatic carbocycles. The highest BCUT2D eigenvalue weighted by Crippen LogP contribution is 2.35. The predicted molar refractivity (Wildman–Crippen MR) is 71.8 cm³/mol. The Morgan fingerprint density at radius 1 is 1.16 bits per heavy atom. The first-order valence-electron chi connectivity index (χ1n) is 6.33. The van der Waals surface area contributed by atoms with Gasteiger partial charge in [-0.2, -0.15) is 4.98 Å². The van der Waals surface area contributed by atoms with Crippen LogP contribution in [0.2, 0.25) is 0 Å². The lowest BCUT2D eigenvalue weighted by atomic mass is 10.1. The number of hydrogen-bond donors (Lipinski definition) is 1. The molecule has 1 aliphatic rings. The van der Waals surface area contributed by atoms with Crippen molar-refractivity contribution in [2.75, 3.05) is 25.6 Å². The molecule has 0 bridgehead atoms. The number of ether oxygens (including phenoxy) is 2. The topological polar surface area (TPSA) is 56.5 Å². The van der Waals surface area contributed by atoms with Crippen molar-refractivity contribution in [3.05, 3.63) is 23.9 Å². The quantitative estimate of drug-likeness (QED) is 0.899. The Labute approximate surface area is 111 Å². The molecule has 100 valence electrons. The predicted octanol–water partition coefficient (Wildman–Crippen LogP) is 2.85. The first-order chi connectivity index (χ1) is 9.28. The minimum Gasteiger partial charge on any atom is -0.490 e. The molecule has 1 aliphatic heterocycles. The monoisotopic (exact) mass is 260 g/mol. The van der Waals surface area contributed by atoms with E-state index in [2.05, 4.69) is 10.3 Å². The molecule has 5 heteroatoms. The summed E-state index contributed by atoms with van der Waals surface area (Å²) < 4.78 is 16.9. The van der Waals surface area contributed by atoms with E-state index in [0.29, 0.717) is 19.2 Å². The number of benzene rings is 1. The molecule has 0 saturated heterocycles. The molecule has 0 amide bonds. The van der Waals surface area contributed by atoms with Crippen molar-refractivity contribution in [2.45, 2.75) is 13.3 Å². The number of anilines is 1. The van der Waals surface area contributed by atoms with Gasteiger partial charge in [-0.05, 0) is 25.1 Å². The van der Waals surface area contributed by atoms with Crippen molar-refractivity contribution in [1.82, 2.24) is 4.98 Å². The van der Waals surface area contributed by atoms with Gasteiger partial charge in [-0.15, -0.1) is 0 Å². The number of aromatic nitrogens is 1. The van der Waals surface area contributed by atoms with E-state index < -0.39 is 0 Å². The Kier molecular flexibility index (Phi) is 3.03. The molecule has 2 heterocycles. The van der Waals surface area contributed by atoms with E-state index in [-0.39, 0.29) is 0 Å². The Morgan fingerprint density at radius 3 is 2.68 bits per heavy atom. The van der Waals surface area contributed by atoms with Gasteiger partial charge in [-0.1, -0.05) is 0 Å². The molecule has 0 saturated carbocycles. The normalized spacial score (nSPS) is 14.0. The number of hydrogen-bond acceptors (Lipinski definition) is 5. The number of nitrogens with zero attached hydrogens (tertiary/aromatic N) is 1. The number of oxazole rings is 1. The zero-order chi connectivity index (χ0) is 13.2. The minimum atomic E-state index is 0.514. The van der Waals surface area contributed by atoms with E-state index in [0.717, 1.165) is 34.9 Å². The summed E-state index contributed by atoms with van der Waals surface area (Å²) in [5, 5.41) is 2.90. The van der Waals surface area contributed by atoms with Gasteiger partial charge in [0.15, 0.2) is 17.3 Å². The van der Waals surface area contributed by atoms with Crippen LogP contribution in [0, 0.1) is 6.92 Å². The zero-order valence-corrected chi connectivity index (χ0v) is 11.0. The van der Waals surface area contributed by atoms with Crippen LogP contribution >= 0.6 is 0 Å². The lowest BCUT2D eigenvalue weighted by Crippen LogP contribution is -1.97. The molecule has 19 heavy (non-hydrogen) atoms. The summed E-state index contributed by atoms with van der Waals surface area (Å²) in [6, 6.07) is 6.32. The molecular weight excluding hydrogens is 244 g/mol. The third kappa shape index (κ3) is 2.23. The van der Waals surface area contributed by atoms with Crippen LogP contribution in [0.1, 0.15) is 12.1 Å². The van der Waals surface area contributed by atoms with Crippen LogP contribution in [0.4, 0.5) is 6.01 Å². The van der Waals surface area contributed by atoms with Crippen molar-refractivity contribution >= 4 is 6.01 Å². The van der Waals surface area contributed by atoms with E-state index in [1.165, 1.54) is 0 Å². The van der Waals surface area contributed by atoms with E-state index in [4.69, 9.17) is 13.9 Å². The van der Waals surface area contributed by atoms with Crippen LogP contribution < -0.4 is 14.8 Å². The zero-order valence-electron chi connectivity index (χ0n) is 11.0. The second kappa shape index (κ2) is 4.84. The number of aryl methyl sites for hydroxylation is 1. The number of fused-ring (bicyclic) bond motifs is 1. The summed E-state index contributed by atoms with van der Waals surface area (Å²) in [6.07, 6.45) is 0.898. The third-order valence-corrected chi connectivity index (χ3v) is 3.02. The highest BCUT2D eigenvalue weighted by atomic mass is 16.5. The molecule has 0 unspecified atom stereocenters. The van der Waals surface area contributed by atoms with Crippen LogP contribution in [0.3, 0.4) is 0 Å². The van der Waals surface area contributed by atoms with Gasteiger partial charge in [0.05, 0.1) is 18.9 Å². The first-order valence-corrected chi connectivity index (χ1v) is 6.33. The molecule has 0 fully saturated rings. The van der Waals surface area contributed by atoms with Crippen molar-refractivity contribution < 1.29 is 13.9 Å². The van der Waals surface area contributed by atoms with Crippen molar-refractivity contribution in [3.63, 3.8) is 0 Å². The summed E-state index contributed by atoms with van der Waals surface area (Å²) in [6.45, 7) is 3.29. The molecule has 0 atom stereocenters. The van der Waals surface area contributed by atoms with Crippen molar-refractivity contribution in [1.29, 1.82) is 0 Å². The Bertz CT molecular complexity index is 592. The highest BCUT2D eigenvalue weighted by Gasteiger charge is 2.15. The van der Waals surface area contributed by atoms with Crippen LogP contribution in [0.25, 0.3) is 11.3 Å². The van der Waals surface area contributed by atoms with Gasteiger partial charge in [0, 0.05) is 19.0 Å². The molecule has 0 aliphatic carbocycles. The van der Waals surface area contributed by atoms with Gasteiger partial charge in [-0.25, -0.2) is 0 Å². The fourth-order valence-corrected chi connectivity index (χ4v) is 2.08. The summed E-state index contributed by atoms with van der Waals surface area (Å²) >= 11 is 0. The summed E-state index contributed by atoms with van der Waals surface area (Å²) in [5.74, 6) is 2.30. The maximum Gasteiger partial charge on any atom is 0.295 e. The molecule has 5 nitrogen and oxygen atoms in total. The lowest BCUT2D eigenvalue weighted by Gasteiger charge is -2.08. The first kappa shape index (κ1) is 11.9. The maximum atomic E-state index is 5.68. The lowest BCUT2D eigenvalue weighted by molar-refractivity contribution is 0.297. The largest absolute Gasteiger partial charge is 0.490 e. The smallest absolute Gasteiger partial charge is 0.295 e. The Hall–Kier alpha value is -2.17. The van der Waals surface area contributed by atoms with E-state index in [9.17, 15) is 0 Å². The number of rotatable bonds is 2. The van der Waals surface area contributed by atoms with Gasteiger partial charge < -0.3 is 19.2 Å². The Balaban J connectivity index is 2.01. The fourth-order valence-electron chi connectivity index (χ4n) is 2.08. The maximum absolute atomic E-state index is 5.68. The second-order valence-corrected chi connectivity index (χ2v) is 4.40. The van der Waals surface area contributed by atoms with Crippen LogP contribution in [0.5, 0.6) is 11.5 Å². The van der Waals surface area contributed by atoms with Crippen LogP contribution in [0.15, 0.2) is 22.6 Å². The van der Waals surface area contributed by atoms with Crippen LogP contribution in [-0.4, -0.2) is 25.2 Å². The number of nitrogens with one attached hydrogen (secondary N) is 1. The van der Waals surface area contributed by atoms with E-state index in [1.54, 1.807) is 7.05 Å². The summed E-state index contributed by atoms with van der Waals surface area (Å²) in [7, 11) is 1.78. The fraction of sp³-hybridized carbons (Fsp3) is 0.357. The van der Waals surface area contributed by atoms with Gasteiger partial charge in [-0.3, -0.25) is 0 Å². The van der Waals surface area contributed by atoms with Crippen molar-refractivity contribution in [3.8, 4) is 22.8 Å². The van der Waals surface area contributed by atoms with Crippen molar-refractivity contribution in [2.24, 2.45) is 0 Å². The van der Waals surface area contributed by atoms with Crippen LogP contribution in [-0.2, 0) is 0 Å². The molecular formula is C14H16N2O3. The SMILES string of the molecule is CNc1nc(C)c(-c2ccc3c(c2)OCCCO3)o1.